The summed E-state index contributed by atoms with van der Waals surface area (Å²) < 4.78 is 13.9. The van der Waals surface area contributed by atoms with Crippen LogP contribution in [0.5, 0.6) is 0 Å². The van der Waals surface area contributed by atoms with Gasteiger partial charge in [0, 0.05) is 13.1 Å². The molecule has 0 radical (unpaired) electrons. The van der Waals surface area contributed by atoms with E-state index in [1.54, 1.807) is 17.0 Å². The molecule has 21 heavy (non-hydrogen) atoms. The highest BCUT2D eigenvalue weighted by atomic mass is 19.1. The molecule has 1 aliphatic heterocycles. The van der Waals surface area contributed by atoms with Crippen LogP contribution in [-0.2, 0) is 13.0 Å². The largest absolute Gasteiger partial charge is 0.334 e. The van der Waals surface area contributed by atoms with E-state index in [0.29, 0.717) is 13.1 Å². The normalized spacial score (nSPS) is 14.5. The van der Waals surface area contributed by atoms with Gasteiger partial charge in [-0.25, -0.2) is 4.39 Å². The number of amides is 1. The lowest BCUT2D eigenvalue weighted by Crippen LogP contribution is -2.31. The first-order valence-electron chi connectivity index (χ1n) is 7.27. The fourth-order valence-corrected chi connectivity index (χ4v) is 2.85. The molecule has 3 heteroatoms. The van der Waals surface area contributed by atoms with Gasteiger partial charge in [-0.05, 0) is 43.0 Å². The Labute approximate surface area is 124 Å². The number of hydrogen-bond donors (Lipinski definition) is 0. The van der Waals surface area contributed by atoms with Crippen molar-refractivity contribution in [2.45, 2.75) is 26.3 Å². The van der Waals surface area contributed by atoms with Crippen molar-refractivity contribution < 1.29 is 9.18 Å². The summed E-state index contributed by atoms with van der Waals surface area (Å²) >= 11 is 0. The first-order chi connectivity index (χ1) is 10.1. The van der Waals surface area contributed by atoms with Crippen molar-refractivity contribution in [3.05, 3.63) is 70.5 Å². The molecule has 0 aromatic heterocycles. The van der Waals surface area contributed by atoms with Crippen molar-refractivity contribution >= 4 is 5.91 Å². The van der Waals surface area contributed by atoms with Crippen LogP contribution < -0.4 is 0 Å². The first kappa shape index (κ1) is 13.8. The Morgan fingerprint density at radius 3 is 2.71 bits per heavy atom. The molecule has 1 aliphatic rings. The number of benzene rings is 2. The quantitative estimate of drug-likeness (QED) is 0.781. The third-order valence-electron chi connectivity index (χ3n) is 3.99. The molecule has 1 heterocycles. The van der Waals surface area contributed by atoms with Crippen molar-refractivity contribution in [1.29, 1.82) is 0 Å². The SMILES string of the molecule is Cc1ccc(F)c(C(=O)N2CCCc3ccccc3C2)c1. The molecule has 108 valence electrons. The molecular formula is C18H18FNO. The highest BCUT2D eigenvalue weighted by Gasteiger charge is 2.22. The molecule has 0 bridgehead atoms. The van der Waals surface area contributed by atoms with E-state index in [0.717, 1.165) is 24.0 Å². The topological polar surface area (TPSA) is 20.3 Å². The average molecular weight is 283 g/mol. The highest BCUT2D eigenvalue weighted by Crippen LogP contribution is 2.21. The second-order valence-corrected chi connectivity index (χ2v) is 5.58. The number of carbonyl (C=O) groups excluding carboxylic acids is 1. The van der Waals surface area contributed by atoms with Gasteiger partial charge in [0.1, 0.15) is 5.82 Å². The van der Waals surface area contributed by atoms with Gasteiger partial charge in [-0.3, -0.25) is 4.79 Å². The molecule has 0 atom stereocenters. The zero-order valence-corrected chi connectivity index (χ0v) is 12.1. The molecule has 2 nitrogen and oxygen atoms in total. The Hall–Kier alpha value is -2.16. The molecule has 0 unspecified atom stereocenters. The second kappa shape index (κ2) is 5.68. The van der Waals surface area contributed by atoms with Crippen LogP contribution in [0, 0.1) is 12.7 Å². The predicted octanol–water partition coefficient (Wildman–Crippen LogP) is 3.72. The predicted molar refractivity (Wildman–Crippen MR) is 80.6 cm³/mol. The van der Waals surface area contributed by atoms with Crippen molar-refractivity contribution in [3.8, 4) is 0 Å². The summed E-state index contributed by atoms with van der Waals surface area (Å²) in [4.78, 5) is 14.4. The standard InChI is InChI=1S/C18H18FNO/c1-13-8-9-17(19)16(11-13)18(21)20-10-4-7-14-5-2-3-6-15(14)12-20/h2-3,5-6,8-9,11H,4,7,10,12H2,1H3. The Balaban J connectivity index is 1.90. The molecule has 0 aliphatic carbocycles. The van der Waals surface area contributed by atoms with Gasteiger partial charge in [0.05, 0.1) is 5.56 Å². The summed E-state index contributed by atoms with van der Waals surface area (Å²) in [6.45, 7) is 3.09. The fourth-order valence-electron chi connectivity index (χ4n) is 2.85. The number of rotatable bonds is 1. The number of aryl methyl sites for hydroxylation is 2. The fraction of sp³-hybridized carbons (Fsp3) is 0.278. The molecule has 2 aromatic carbocycles. The van der Waals surface area contributed by atoms with Gasteiger partial charge in [-0.2, -0.15) is 0 Å². The minimum Gasteiger partial charge on any atom is -0.334 e. The van der Waals surface area contributed by atoms with E-state index in [-0.39, 0.29) is 11.5 Å². The van der Waals surface area contributed by atoms with Crippen molar-refractivity contribution in [2.24, 2.45) is 0 Å². The lowest BCUT2D eigenvalue weighted by Gasteiger charge is -2.21. The van der Waals surface area contributed by atoms with Crippen LogP contribution >= 0.6 is 0 Å². The van der Waals surface area contributed by atoms with E-state index in [1.807, 2.05) is 25.1 Å². The Kier molecular flexibility index (Phi) is 3.74. The number of halogens is 1. The van der Waals surface area contributed by atoms with E-state index in [4.69, 9.17) is 0 Å². The molecule has 3 rings (SSSR count). The summed E-state index contributed by atoms with van der Waals surface area (Å²) in [5.74, 6) is -0.656. The van der Waals surface area contributed by atoms with Gasteiger partial charge in [-0.15, -0.1) is 0 Å². The summed E-state index contributed by atoms with van der Waals surface area (Å²) in [6.07, 6.45) is 1.88. The zero-order chi connectivity index (χ0) is 14.8. The van der Waals surface area contributed by atoms with Crippen LogP contribution in [0.2, 0.25) is 0 Å². The van der Waals surface area contributed by atoms with E-state index < -0.39 is 5.82 Å². The van der Waals surface area contributed by atoms with Gasteiger partial charge in [0.2, 0.25) is 0 Å². The van der Waals surface area contributed by atoms with Gasteiger partial charge >= 0.3 is 0 Å². The number of carbonyl (C=O) groups is 1. The number of fused-ring (bicyclic) bond motifs is 1. The number of hydrogen-bond acceptors (Lipinski definition) is 1. The Bertz CT molecular complexity index is 681. The second-order valence-electron chi connectivity index (χ2n) is 5.58. The lowest BCUT2D eigenvalue weighted by molar-refractivity contribution is 0.0741. The smallest absolute Gasteiger partial charge is 0.257 e. The van der Waals surface area contributed by atoms with Crippen molar-refractivity contribution in [1.82, 2.24) is 4.90 Å². The van der Waals surface area contributed by atoms with E-state index >= 15 is 0 Å². The molecule has 2 aromatic rings. The summed E-state index contributed by atoms with van der Waals surface area (Å²) in [5.41, 5.74) is 3.53. The van der Waals surface area contributed by atoms with Gasteiger partial charge in [0.25, 0.3) is 5.91 Å². The minimum absolute atomic E-state index is 0.175. The summed E-state index contributed by atoms with van der Waals surface area (Å²) in [6, 6.07) is 12.9. The molecule has 0 fully saturated rings. The maximum absolute atomic E-state index is 13.9. The summed E-state index contributed by atoms with van der Waals surface area (Å²) in [5, 5.41) is 0. The van der Waals surface area contributed by atoms with Gasteiger partial charge in [-0.1, -0.05) is 35.9 Å². The first-order valence-corrected chi connectivity index (χ1v) is 7.27. The minimum atomic E-state index is -0.442. The van der Waals surface area contributed by atoms with Gasteiger partial charge < -0.3 is 4.90 Å². The van der Waals surface area contributed by atoms with E-state index in [2.05, 4.69) is 6.07 Å². The van der Waals surface area contributed by atoms with Crippen LogP contribution in [0.15, 0.2) is 42.5 Å². The number of nitrogens with zero attached hydrogens (tertiary/aromatic N) is 1. The van der Waals surface area contributed by atoms with Crippen LogP contribution in [0.3, 0.4) is 0 Å². The third-order valence-corrected chi connectivity index (χ3v) is 3.99. The maximum Gasteiger partial charge on any atom is 0.257 e. The molecule has 0 saturated heterocycles. The molecule has 0 spiro atoms. The molecular weight excluding hydrogens is 265 g/mol. The Morgan fingerprint density at radius 2 is 1.90 bits per heavy atom. The maximum atomic E-state index is 13.9. The van der Waals surface area contributed by atoms with Crippen LogP contribution in [0.25, 0.3) is 0 Å². The van der Waals surface area contributed by atoms with E-state index in [9.17, 15) is 9.18 Å². The highest BCUT2D eigenvalue weighted by molar-refractivity contribution is 5.94. The monoisotopic (exact) mass is 283 g/mol. The Morgan fingerprint density at radius 1 is 1.14 bits per heavy atom. The van der Waals surface area contributed by atoms with Gasteiger partial charge in [0.15, 0.2) is 0 Å². The third kappa shape index (κ3) is 2.82. The lowest BCUT2D eigenvalue weighted by atomic mass is 10.0. The van der Waals surface area contributed by atoms with Crippen molar-refractivity contribution in [2.75, 3.05) is 6.54 Å². The van der Waals surface area contributed by atoms with Crippen LogP contribution in [-0.4, -0.2) is 17.4 Å². The van der Waals surface area contributed by atoms with Crippen LogP contribution in [0.4, 0.5) is 4.39 Å². The van der Waals surface area contributed by atoms with E-state index in [1.165, 1.54) is 11.6 Å². The van der Waals surface area contributed by atoms with Crippen molar-refractivity contribution in [3.63, 3.8) is 0 Å². The summed E-state index contributed by atoms with van der Waals surface area (Å²) in [7, 11) is 0. The molecule has 1 amide bonds. The average Bonchev–Trinajstić information content (AvgIpc) is 2.71. The van der Waals surface area contributed by atoms with Crippen LogP contribution in [0.1, 0.15) is 33.5 Å². The molecule has 0 saturated carbocycles. The zero-order valence-electron chi connectivity index (χ0n) is 12.1. The molecule has 0 N–H and O–H groups in total.